The molecule has 0 atom stereocenters. The summed E-state index contributed by atoms with van der Waals surface area (Å²) in [6.07, 6.45) is 0.940. The number of non-ortho nitro benzene ring substituents is 1. The monoisotopic (exact) mass is 431 g/mol. The van der Waals surface area contributed by atoms with Crippen LogP contribution in [-0.4, -0.2) is 15.8 Å². The Bertz CT molecular complexity index is 1300. The van der Waals surface area contributed by atoms with Gasteiger partial charge in [-0.15, -0.1) is 0 Å². The lowest BCUT2D eigenvalue weighted by Gasteiger charge is -2.12. The van der Waals surface area contributed by atoms with Crippen LogP contribution >= 0.6 is 11.6 Å². The number of halogens is 1. The highest BCUT2D eigenvalue weighted by Gasteiger charge is 2.17. The van der Waals surface area contributed by atoms with Gasteiger partial charge in [0.1, 0.15) is 0 Å². The minimum absolute atomic E-state index is 0.0938. The van der Waals surface area contributed by atoms with Crippen molar-refractivity contribution in [2.75, 3.05) is 5.32 Å². The van der Waals surface area contributed by atoms with Crippen molar-refractivity contribution in [3.63, 3.8) is 0 Å². The van der Waals surface area contributed by atoms with E-state index in [4.69, 9.17) is 16.6 Å². The number of nitrogens with zero attached hydrogens (tertiary/aromatic N) is 2. The molecule has 4 rings (SSSR count). The smallest absolute Gasteiger partial charge is 0.271 e. The molecule has 0 saturated heterocycles. The number of carbonyl (C=O) groups excluding carboxylic acids is 1. The van der Waals surface area contributed by atoms with Crippen molar-refractivity contribution in [2.45, 2.75) is 13.3 Å². The molecular formula is C24H18ClN3O3. The van der Waals surface area contributed by atoms with Crippen LogP contribution in [0.4, 0.5) is 11.4 Å². The first kappa shape index (κ1) is 20.5. The Morgan fingerprint density at radius 3 is 2.48 bits per heavy atom. The van der Waals surface area contributed by atoms with Gasteiger partial charge in [0.25, 0.3) is 11.6 Å². The lowest BCUT2D eigenvalue weighted by Crippen LogP contribution is -2.13. The van der Waals surface area contributed by atoms with Gasteiger partial charge >= 0.3 is 0 Å². The van der Waals surface area contributed by atoms with Crippen LogP contribution < -0.4 is 5.32 Å². The van der Waals surface area contributed by atoms with Crippen LogP contribution in [0.5, 0.6) is 0 Å². The molecule has 0 aliphatic carbocycles. The number of pyridine rings is 1. The predicted molar refractivity (Wildman–Crippen MR) is 123 cm³/mol. The Hall–Kier alpha value is -3.77. The molecule has 1 N–H and O–H groups in total. The van der Waals surface area contributed by atoms with Gasteiger partial charge in [-0.1, -0.05) is 61.0 Å². The standard InChI is InChI=1S/C24H18ClN3O3/c1-2-15-7-9-16(10-8-15)23-14-19(18-5-3-4-6-21(18)26-23)24(29)27-22-12-11-17(28(30)31)13-20(22)25/h3-14H,2H2,1H3,(H,27,29). The van der Waals surface area contributed by atoms with Gasteiger partial charge in [0, 0.05) is 23.1 Å². The minimum atomic E-state index is -0.538. The van der Waals surface area contributed by atoms with E-state index >= 15 is 0 Å². The summed E-state index contributed by atoms with van der Waals surface area (Å²) >= 11 is 6.15. The number of aromatic nitrogens is 1. The van der Waals surface area contributed by atoms with Crippen molar-refractivity contribution in [3.05, 3.63) is 99.1 Å². The largest absolute Gasteiger partial charge is 0.321 e. The van der Waals surface area contributed by atoms with E-state index in [9.17, 15) is 14.9 Å². The summed E-state index contributed by atoms with van der Waals surface area (Å²) in [4.78, 5) is 28.3. The van der Waals surface area contributed by atoms with Crippen molar-refractivity contribution >= 4 is 39.8 Å². The highest BCUT2D eigenvalue weighted by molar-refractivity contribution is 6.34. The van der Waals surface area contributed by atoms with Crippen LogP contribution in [0, 0.1) is 10.1 Å². The summed E-state index contributed by atoms with van der Waals surface area (Å²) in [5.41, 5.74) is 4.10. The Labute approximate surface area is 183 Å². The fourth-order valence-corrected chi connectivity index (χ4v) is 3.55. The number of fused-ring (bicyclic) bond motifs is 1. The maximum absolute atomic E-state index is 13.2. The van der Waals surface area contributed by atoms with Crippen LogP contribution in [0.1, 0.15) is 22.8 Å². The lowest BCUT2D eigenvalue weighted by molar-refractivity contribution is -0.384. The molecule has 0 unspecified atom stereocenters. The zero-order valence-corrected chi connectivity index (χ0v) is 17.4. The van der Waals surface area contributed by atoms with Gasteiger partial charge < -0.3 is 5.32 Å². The van der Waals surface area contributed by atoms with Crippen molar-refractivity contribution in [1.29, 1.82) is 0 Å². The summed E-state index contributed by atoms with van der Waals surface area (Å²) in [5, 5.41) is 14.5. The molecule has 0 spiro atoms. The van der Waals surface area contributed by atoms with Crippen molar-refractivity contribution < 1.29 is 9.72 Å². The molecule has 0 radical (unpaired) electrons. The Balaban J connectivity index is 1.75. The molecule has 1 aromatic heterocycles. The molecule has 1 amide bonds. The second kappa shape index (κ2) is 8.53. The quantitative estimate of drug-likeness (QED) is 0.297. The van der Waals surface area contributed by atoms with Gasteiger partial charge in [-0.2, -0.15) is 0 Å². The van der Waals surface area contributed by atoms with Crippen LogP contribution in [-0.2, 0) is 6.42 Å². The molecular weight excluding hydrogens is 414 g/mol. The third kappa shape index (κ3) is 4.25. The summed E-state index contributed by atoms with van der Waals surface area (Å²) in [6, 6.07) is 21.2. The molecule has 4 aromatic rings. The zero-order valence-electron chi connectivity index (χ0n) is 16.6. The van der Waals surface area contributed by atoms with Crippen LogP contribution in [0.25, 0.3) is 22.2 Å². The first-order valence-electron chi connectivity index (χ1n) is 9.70. The van der Waals surface area contributed by atoms with Gasteiger partial charge in [0.15, 0.2) is 0 Å². The van der Waals surface area contributed by atoms with E-state index in [0.717, 1.165) is 12.0 Å². The first-order chi connectivity index (χ1) is 15.0. The minimum Gasteiger partial charge on any atom is -0.321 e. The zero-order chi connectivity index (χ0) is 22.0. The summed E-state index contributed by atoms with van der Waals surface area (Å²) in [5.74, 6) is -0.374. The number of hydrogen-bond donors (Lipinski definition) is 1. The number of hydrogen-bond acceptors (Lipinski definition) is 4. The van der Waals surface area contributed by atoms with Crippen LogP contribution in [0.2, 0.25) is 5.02 Å². The number of benzene rings is 3. The van der Waals surface area contributed by atoms with E-state index in [1.165, 1.54) is 23.8 Å². The number of nitro groups is 1. The van der Waals surface area contributed by atoms with E-state index in [2.05, 4.69) is 12.2 Å². The summed E-state index contributed by atoms with van der Waals surface area (Å²) in [7, 11) is 0. The third-order valence-corrected chi connectivity index (χ3v) is 5.34. The molecule has 31 heavy (non-hydrogen) atoms. The normalized spacial score (nSPS) is 10.8. The number of nitro benzene ring substituents is 1. The lowest BCUT2D eigenvalue weighted by atomic mass is 10.0. The summed E-state index contributed by atoms with van der Waals surface area (Å²) in [6.45, 7) is 2.09. The topological polar surface area (TPSA) is 85.1 Å². The number of nitrogens with one attached hydrogen (secondary N) is 1. The molecule has 1 heterocycles. The molecule has 7 heteroatoms. The maximum atomic E-state index is 13.2. The van der Waals surface area contributed by atoms with Crippen LogP contribution in [0.15, 0.2) is 72.8 Å². The second-order valence-corrected chi connectivity index (χ2v) is 7.41. The molecule has 0 fully saturated rings. The number of amides is 1. The fourth-order valence-electron chi connectivity index (χ4n) is 3.33. The fraction of sp³-hybridized carbons (Fsp3) is 0.0833. The molecule has 0 bridgehead atoms. The number of para-hydroxylation sites is 1. The molecule has 0 aliphatic heterocycles. The first-order valence-corrected chi connectivity index (χ1v) is 10.1. The van der Waals surface area contributed by atoms with E-state index in [0.29, 0.717) is 27.8 Å². The second-order valence-electron chi connectivity index (χ2n) is 7.00. The molecule has 0 aliphatic rings. The SMILES string of the molecule is CCc1ccc(-c2cc(C(=O)Nc3ccc([N+](=O)[O-])cc3Cl)c3ccccc3n2)cc1. The summed E-state index contributed by atoms with van der Waals surface area (Å²) < 4.78 is 0. The van der Waals surface area contributed by atoms with Crippen LogP contribution in [0.3, 0.4) is 0 Å². The van der Waals surface area contributed by atoms with Gasteiger partial charge in [-0.05, 0) is 30.2 Å². The molecule has 6 nitrogen and oxygen atoms in total. The molecule has 3 aromatic carbocycles. The number of aryl methyl sites for hydroxylation is 1. The van der Waals surface area contributed by atoms with Gasteiger partial charge in [0.05, 0.1) is 32.4 Å². The van der Waals surface area contributed by atoms with Gasteiger partial charge in [-0.3, -0.25) is 14.9 Å². The average molecular weight is 432 g/mol. The number of anilines is 1. The van der Waals surface area contributed by atoms with Crippen molar-refractivity contribution in [3.8, 4) is 11.3 Å². The van der Waals surface area contributed by atoms with Gasteiger partial charge in [-0.25, -0.2) is 4.98 Å². The Morgan fingerprint density at radius 2 is 1.81 bits per heavy atom. The number of carbonyl (C=O) groups is 1. The van der Waals surface area contributed by atoms with Crippen molar-refractivity contribution in [2.24, 2.45) is 0 Å². The third-order valence-electron chi connectivity index (χ3n) is 5.03. The predicted octanol–water partition coefficient (Wildman–Crippen LogP) is 6.28. The van der Waals surface area contributed by atoms with Gasteiger partial charge in [0.2, 0.25) is 0 Å². The van der Waals surface area contributed by atoms with E-state index < -0.39 is 4.92 Å². The Kier molecular flexibility index (Phi) is 5.64. The molecule has 0 saturated carbocycles. The highest BCUT2D eigenvalue weighted by Crippen LogP contribution is 2.29. The Morgan fingerprint density at radius 1 is 1.06 bits per heavy atom. The number of rotatable bonds is 5. The highest BCUT2D eigenvalue weighted by atomic mass is 35.5. The van der Waals surface area contributed by atoms with E-state index in [1.807, 2.05) is 48.5 Å². The van der Waals surface area contributed by atoms with E-state index in [-0.39, 0.29) is 16.6 Å². The average Bonchev–Trinajstić information content (AvgIpc) is 2.79. The molecule has 154 valence electrons. The van der Waals surface area contributed by atoms with Crippen molar-refractivity contribution in [1.82, 2.24) is 4.98 Å². The maximum Gasteiger partial charge on any atom is 0.271 e. The van der Waals surface area contributed by atoms with E-state index in [1.54, 1.807) is 6.07 Å².